The van der Waals surface area contributed by atoms with E-state index in [0.717, 1.165) is 26.9 Å². The molecule has 5 heteroatoms. The minimum Gasteiger partial charge on any atom is -0.450 e. The summed E-state index contributed by atoms with van der Waals surface area (Å²) in [6, 6.07) is 18.8. The number of aryl methyl sites for hydroxylation is 2. The van der Waals surface area contributed by atoms with Crippen molar-refractivity contribution in [2.75, 3.05) is 4.90 Å². The summed E-state index contributed by atoms with van der Waals surface area (Å²) in [5.74, 6) is 0.206. The topological polar surface area (TPSA) is 50.5 Å². The minimum absolute atomic E-state index is 0.117. The Labute approximate surface area is 201 Å². The third-order valence-electron chi connectivity index (χ3n) is 6.52. The zero-order chi connectivity index (χ0) is 23.4. The lowest BCUT2D eigenvalue weighted by molar-refractivity contribution is 0.0971. The van der Waals surface area contributed by atoms with Gasteiger partial charge in [0.05, 0.1) is 17.0 Å². The molecule has 1 aliphatic rings. The summed E-state index contributed by atoms with van der Waals surface area (Å²) in [6.45, 7) is 8.35. The van der Waals surface area contributed by atoms with Gasteiger partial charge in [0.1, 0.15) is 5.58 Å². The van der Waals surface area contributed by atoms with Crippen LogP contribution in [0.1, 0.15) is 64.2 Å². The first-order chi connectivity index (χ1) is 15.8. The van der Waals surface area contributed by atoms with E-state index < -0.39 is 6.04 Å². The first-order valence-electron chi connectivity index (χ1n) is 11.0. The average molecular weight is 502 g/mol. The summed E-state index contributed by atoms with van der Waals surface area (Å²) in [4.78, 5) is 29.1. The number of benzene rings is 3. The Balaban J connectivity index is 1.79. The second-order valence-electron chi connectivity index (χ2n) is 8.98. The fraction of sp³-hybridized carbons (Fsp3) is 0.214. The highest BCUT2D eigenvalue weighted by Gasteiger charge is 2.43. The molecule has 1 aromatic heterocycles. The van der Waals surface area contributed by atoms with Crippen LogP contribution in [-0.4, -0.2) is 5.91 Å². The monoisotopic (exact) mass is 501 g/mol. The van der Waals surface area contributed by atoms with Crippen LogP contribution in [0.15, 0.2) is 74.3 Å². The molecule has 5 rings (SSSR count). The normalized spacial score (nSPS) is 15.5. The van der Waals surface area contributed by atoms with Gasteiger partial charge in [0.25, 0.3) is 5.91 Å². The third-order valence-corrected chi connectivity index (χ3v) is 7.01. The molecular formula is C28H24BrNO3. The summed E-state index contributed by atoms with van der Waals surface area (Å²) in [6.07, 6.45) is 0. The summed E-state index contributed by atoms with van der Waals surface area (Å²) >= 11 is 3.45. The maximum atomic E-state index is 13.7. The fourth-order valence-electron chi connectivity index (χ4n) is 4.47. The van der Waals surface area contributed by atoms with Crippen molar-refractivity contribution in [1.29, 1.82) is 0 Å². The molecule has 1 atom stereocenters. The molecule has 1 aliphatic heterocycles. The van der Waals surface area contributed by atoms with Crippen molar-refractivity contribution in [2.24, 2.45) is 0 Å². The summed E-state index contributed by atoms with van der Waals surface area (Å²) < 4.78 is 6.85. The van der Waals surface area contributed by atoms with Crippen LogP contribution >= 0.6 is 15.9 Å². The van der Waals surface area contributed by atoms with E-state index in [1.165, 1.54) is 5.56 Å². The number of fused-ring (bicyclic) bond motifs is 2. The highest BCUT2D eigenvalue weighted by Crippen LogP contribution is 2.42. The van der Waals surface area contributed by atoms with Gasteiger partial charge < -0.3 is 4.42 Å². The Morgan fingerprint density at radius 3 is 2.30 bits per heavy atom. The first-order valence-corrected chi connectivity index (χ1v) is 11.8. The quantitative estimate of drug-likeness (QED) is 0.302. The molecule has 1 unspecified atom stereocenters. The molecule has 0 bridgehead atoms. The molecule has 33 heavy (non-hydrogen) atoms. The van der Waals surface area contributed by atoms with Crippen LogP contribution in [0.3, 0.4) is 0 Å². The van der Waals surface area contributed by atoms with Crippen molar-refractivity contribution < 1.29 is 9.21 Å². The molecule has 166 valence electrons. The van der Waals surface area contributed by atoms with Gasteiger partial charge in [-0.1, -0.05) is 60.1 Å². The first kappa shape index (κ1) is 21.7. The molecule has 0 radical (unpaired) electrons. The van der Waals surface area contributed by atoms with Crippen molar-refractivity contribution in [1.82, 2.24) is 0 Å². The Morgan fingerprint density at radius 2 is 1.64 bits per heavy atom. The van der Waals surface area contributed by atoms with Gasteiger partial charge in [-0.3, -0.25) is 14.5 Å². The number of carbonyl (C=O) groups excluding carboxylic acids is 1. The number of amides is 1. The van der Waals surface area contributed by atoms with Crippen LogP contribution in [0.4, 0.5) is 5.69 Å². The van der Waals surface area contributed by atoms with Gasteiger partial charge in [-0.25, -0.2) is 0 Å². The van der Waals surface area contributed by atoms with Crippen LogP contribution in [0.5, 0.6) is 0 Å². The molecule has 0 N–H and O–H groups in total. The lowest BCUT2D eigenvalue weighted by Crippen LogP contribution is -2.29. The molecule has 4 aromatic rings. The molecule has 1 amide bonds. The van der Waals surface area contributed by atoms with Gasteiger partial charge in [-0.2, -0.15) is 0 Å². The lowest BCUT2D eigenvalue weighted by atomic mass is 9.95. The van der Waals surface area contributed by atoms with Crippen molar-refractivity contribution in [2.45, 2.75) is 39.7 Å². The van der Waals surface area contributed by atoms with E-state index in [1.807, 2.05) is 44.2 Å². The largest absolute Gasteiger partial charge is 0.450 e. The number of rotatable bonds is 3. The van der Waals surface area contributed by atoms with Crippen LogP contribution in [0.25, 0.3) is 11.0 Å². The zero-order valence-electron chi connectivity index (χ0n) is 19.0. The van der Waals surface area contributed by atoms with Crippen molar-refractivity contribution in [3.05, 3.63) is 109 Å². The smallest absolute Gasteiger partial charge is 0.295 e. The van der Waals surface area contributed by atoms with E-state index in [1.54, 1.807) is 23.1 Å². The molecule has 0 saturated heterocycles. The van der Waals surface area contributed by atoms with Crippen LogP contribution in [0, 0.1) is 13.8 Å². The SMILES string of the molecule is Cc1ccc(N2C(=O)c3oc4ccc(Br)cc4c(=O)c3C2c2ccc(C(C)C)cc2)cc1C. The number of carbonyl (C=O) groups is 1. The van der Waals surface area contributed by atoms with Crippen molar-refractivity contribution in [3.8, 4) is 0 Å². The number of hydrogen-bond donors (Lipinski definition) is 0. The van der Waals surface area contributed by atoms with E-state index in [0.29, 0.717) is 22.5 Å². The Morgan fingerprint density at radius 1 is 0.909 bits per heavy atom. The Kier molecular flexibility index (Phi) is 5.25. The molecule has 2 heterocycles. The van der Waals surface area contributed by atoms with E-state index in [9.17, 15) is 9.59 Å². The molecular weight excluding hydrogens is 478 g/mol. The van der Waals surface area contributed by atoms with Gasteiger partial charge in [0.15, 0.2) is 5.43 Å². The van der Waals surface area contributed by atoms with Gasteiger partial charge in [-0.05, 0) is 72.4 Å². The second kappa shape index (κ2) is 7.99. The van der Waals surface area contributed by atoms with Gasteiger partial charge in [-0.15, -0.1) is 0 Å². The van der Waals surface area contributed by atoms with E-state index in [2.05, 4.69) is 41.9 Å². The highest BCUT2D eigenvalue weighted by molar-refractivity contribution is 9.10. The van der Waals surface area contributed by atoms with Crippen molar-refractivity contribution >= 4 is 38.5 Å². The van der Waals surface area contributed by atoms with Gasteiger partial charge >= 0.3 is 0 Å². The zero-order valence-corrected chi connectivity index (χ0v) is 20.6. The predicted octanol–water partition coefficient (Wildman–Crippen LogP) is 7.05. The third kappa shape index (κ3) is 3.51. The lowest BCUT2D eigenvalue weighted by Gasteiger charge is -2.26. The molecule has 0 saturated carbocycles. The number of nitrogens with zero attached hydrogens (tertiary/aromatic N) is 1. The number of halogens is 1. The fourth-order valence-corrected chi connectivity index (χ4v) is 4.83. The number of hydrogen-bond acceptors (Lipinski definition) is 3. The van der Waals surface area contributed by atoms with Gasteiger partial charge in [0.2, 0.25) is 5.76 Å². The molecule has 3 aromatic carbocycles. The minimum atomic E-state index is -0.560. The summed E-state index contributed by atoms with van der Waals surface area (Å²) in [5.41, 5.74) is 5.68. The van der Waals surface area contributed by atoms with Crippen molar-refractivity contribution in [3.63, 3.8) is 0 Å². The molecule has 4 nitrogen and oxygen atoms in total. The van der Waals surface area contributed by atoms with Gasteiger partial charge in [0, 0.05) is 10.2 Å². The Hall–Kier alpha value is -3.18. The maximum Gasteiger partial charge on any atom is 0.295 e. The molecule has 0 spiro atoms. The summed E-state index contributed by atoms with van der Waals surface area (Å²) in [7, 11) is 0. The summed E-state index contributed by atoms with van der Waals surface area (Å²) in [5, 5.41) is 0.460. The van der Waals surface area contributed by atoms with Crippen LogP contribution in [-0.2, 0) is 0 Å². The highest BCUT2D eigenvalue weighted by atomic mass is 79.9. The molecule has 0 fully saturated rings. The molecule has 0 aliphatic carbocycles. The predicted molar refractivity (Wildman–Crippen MR) is 135 cm³/mol. The van der Waals surface area contributed by atoms with Crippen LogP contribution in [0.2, 0.25) is 0 Å². The average Bonchev–Trinajstić information content (AvgIpc) is 3.09. The van der Waals surface area contributed by atoms with E-state index >= 15 is 0 Å². The van der Waals surface area contributed by atoms with Crippen LogP contribution < -0.4 is 10.3 Å². The second-order valence-corrected chi connectivity index (χ2v) is 9.90. The number of anilines is 1. The standard InChI is InChI=1S/C28H24BrNO3/c1-15(2)18-6-8-19(9-7-18)25-24-26(31)22-14-20(29)10-12-23(22)33-27(24)28(32)30(25)21-11-5-16(3)17(4)13-21/h5-15,25H,1-4H3. The Bertz CT molecular complexity index is 1470. The van der Waals surface area contributed by atoms with E-state index in [-0.39, 0.29) is 17.1 Å². The maximum absolute atomic E-state index is 13.7. The van der Waals surface area contributed by atoms with E-state index in [4.69, 9.17) is 4.42 Å².